The number of alkyl halides is 1. The van der Waals surface area contributed by atoms with E-state index >= 15 is 0 Å². The van der Waals surface area contributed by atoms with Gasteiger partial charge in [-0.3, -0.25) is 4.98 Å². The Labute approximate surface area is 115 Å². The third kappa shape index (κ3) is 2.78. The number of aryl methyl sites for hydroxylation is 1. The van der Waals surface area contributed by atoms with Crippen LogP contribution in [0.4, 0.5) is 4.39 Å². The van der Waals surface area contributed by atoms with Crippen molar-refractivity contribution in [3.05, 3.63) is 65.2 Å². The Morgan fingerprint density at radius 1 is 1.22 bits per heavy atom. The van der Waals surface area contributed by atoms with E-state index in [4.69, 9.17) is 0 Å². The maximum Gasteiger partial charge on any atom is 0.126 e. The smallest absolute Gasteiger partial charge is 0.126 e. The van der Waals surface area contributed by atoms with Crippen LogP contribution in [-0.4, -0.2) is 4.98 Å². The minimum Gasteiger partial charge on any atom is -0.261 e. The van der Waals surface area contributed by atoms with E-state index in [2.05, 4.69) is 27.8 Å². The summed E-state index contributed by atoms with van der Waals surface area (Å²) in [6, 6.07) is 11.1. The largest absolute Gasteiger partial charge is 0.261 e. The number of nitrogens with zero attached hydrogens (tertiary/aromatic N) is 1. The summed E-state index contributed by atoms with van der Waals surface area (Å²) in [6.07, 6.45) is 1.79. The molecule has 1 heterocycles. The fraction of sp³-hybridized carbons (Fsp3) is 0.267. The first kappa shape index (κ1) is 13.2. The molecule has 0 bridgehead atoms. The number of halogens is 2. The van der Waals surface area contributed by atoms with Crippen LogP contribution in [0.3, 0.4) is 0 Å². The minimum atomic E-state index is -0.163. The number of pyridine rings is 1. The first-order valence-electron chi connectivity index (χ1n) is 5.90. The SMILES string of the molecule is Cc1cc(C(Br)C(C)c2ccccn2)ccc1F. The molecule has 1 aromatic carbocycles. The molecule has 0 N–H and O–H groups in total. The van der Waals surface area contributed by atoms with Crippen LogP contribution < -0.4 is 0 Å². The molecule has 0 saturated heterocycles. The second-order valence-electron chi connectivity index (χ2n) is 4.45. The Kier molecular flexibility index (Phi) is 4.12. The molecule has 0 saturated carbocycles. The van der Waals surface area contributed by atoms with Crippen LogP contribution in [0.15, 0.2) is 42.6 Å². The Hall–Kier alpha value is -1.22. The van der Waals surface area contributed by atoms with Gasteiger partial charge in [0.1, 0.15) is 5.82 Å². The molecule has 0 spiro atoms. The van der Waals surface area contributed by atoms with E-state index < -0.39 is 0 Å². The van der Waals surface area contributed by atoms with Gasteiger partial charge in [-0.2, -0.15) is 0 Å². The van der Waals surface area contributed by atoms with Gasteiger partial charge in [0.25, 0.3) is 0 Å². The molecular formula is C15H15BrFN. The third-order valence-electron chi connectivity index (χ3n) is 3.09. The Morgan fingerprint density at radius 2 is 2.00 bits per heavy atom. The van der Waals surface area contributed by atoms with E-state index in [1.807, 2.05) is 30.3 Å². The normalized spacial score (nSPS) is 14.2. The molecule has 3 heteroatoms. The summed E-state index contributed by atoms with van der Waals surface area (Å²) in [4.78, 5) is 4.49. The predicted molar refractivity (Wildman–Crippen MR) is 75.5 cm³/mol. The molecule has 2 rings (SSSR count). The lowest BCUT2D eigenvalue weighted by molar-refractivity contribution is 0.616. The topological polar surface area (TPSA) is 12.9 Å². The molecule has 1 aromatic heterocycles. The van der Waals surface area contributed by atoms with E-state index in [0.29, 0.717) is 5.56 Å². The van der Waals surface area contributed by atoms with Gasteiger partial charge in [0.2, 0.25) is 0 Å². The average molecular weight is 308 g/mol. The predicted octanol–water partition coefficient (Wildman–Crippen LogP) is 4.77. The van der Waals surface area contributed by atoms with E-state index in [1.165, 1.54) is 6.07 Å². The van der Waals surface area contributed by atoms with Crippen molar-refractivity contribution in [2.24, 2.45) is 0 Å². The van der Waals surface area contributed by atoms with E-state index in [-0.39, 0.29) is 16.6 Å². The number of benzene rings is 1. The average Bonchev–Trinajstić information content (AvgIpc) is 2.41. The monoisotopic (exact) mass is 307 g/mol. The molecule has 0 fully saturated rings. The van der Waals surface area contributed by atoms with Crippen LogP contribution in [0.1, 0.15) is 34.5 Å². The van der Waals surface area contributed by atoms with Gasteiger partial charge in [0.05, 0.1) is 0 Å². The van der Waals surface area contributed by atoms with Crippen molar-refractivity contribution in [3.63, 3.8) is 0 Å². The first-order valence-corrected chi connectivity index (χ1v) is 6.82. The second kappa shape index (κ2) is 5.61. The van der Waals surface area contributed by atoms with Crippen LogP contribution in [0, 0.1) is 12.7 Å². The molecule has 0 aliphatic rings. The number of hydrogen-bond acceptors (Lipinski definition) is 1. The quantitative estimate of drug-likeness (QED) is 0.744. The first-order chi connectivity index (χ1) is 8.59. The molecule has 2 aromatic rings. The van der Waals surface area contributed by atoms with Crippen molar-refractivity contribution in [3.8, 4) is 0 Å². The molecule has 18 heavy (non-hydrogen) atoms. The zero-order valence-corrected chi connectivity index (χ0v) is 12.0. The summed E-state index contributed by atoms with van der Waals surface area (Å²) < 4.78 is 13.3. The molecule has 2 atom stereocenters. The van der Waals surface area contributed by atoms with Crippen LogP contribution in [0.25, 0.3) is 0 Å². The maximum atomic E-state index is 13.3. The van der Waals surface area contributed by atoms with Gasteiger partial charge in [-0.25, -0.2) is 4.39 Å². The molecule has 0 amide bonds. The lowest BCUT2D eigenvalue weighted by atomic mass is 9.96. The van der Waals surface area contributed by atoms with Crippen molar-refractivity contribution in [1.29, 1.82) is 0 Å². The third-order valence-corrected chi connectivity index (χ3v) is 4.42. The highest BCUT2D eigenvalue weighted by atomic mass is 79.9. The minimum absolute atomic E-state index is 0.131. The molecule has 2 unspecified atom stereocenters. The highest BCUT2D eigenvalue weighted by Crippen LogP contribution is 2.37. The molecule has 1 nitrogen and oxygen atoms in total. The van der Waals surface area contributed by atoms with Gasteiger partial charge in [-0.1, -0.05) is 41.1 Å². The number of aromatic nitrogens is 1. The lowest BCUT2D eigenvalue weighted by Crippen LogP contribution is -2.04. The van der Waals surface area contributed by atoms with Crippen LogP contribution >= 0.6 is 15.9 Å². The van der Waals surface area contributed by atoms with Gasteiger partial charge >= 0.3 is 0 Å². The Bertz CT molecular complexity index is 527. The summed E-state index contributed by atoms with van der Waals surface area (Å²) in [5, 5.41) is 0. The van der Waals surface area contributed by atoms with Gasteiger partial charge in [-0.15, -0.1) is 0 Å². The summed E-state index contributed by atoms with van der Waals surface area (Å²) in [5.41, 5.74) is 2.78. The van der Waals surface area contributed by atoms with Crippen molar-refractivity contribution in [2.75, 3.05) is 0 Å². The van der Waals surface area contributed by atoms with E-state index in [0.717, 1.165) is 11.3 Å². The van der Waals surface area contributed by atoms with Gasteiger partial charge in [0.15, 0.2) is 0 Å². The van der Waals surface area contributed by atoms with Crippen LogP contribution in [0.5, 0.6) is 0 Å². The van der Waals surface area contributed by atoms with E-state index in [1.54, 1.807) is 13.1 Å². The molecule has 0 radical (unpaired) electrons. The number of rotatable bonds is 3. The zero-order valence-electron chi connectivity index (χ0n) is 10.4. The lowest BCUT2D eigenvalue weighted by Gasteiger charge is -2.18. The summed E-state index contributed by atoms with van der Waals surface area (Å²) in [6.45, 7) is 3.89. The Balaban J connectivity index is 2.25. The van der Waals surface area contributed by atoms with Gasteiger partial charge < -0.3 is 0 Å². The number of hydrogen-bond donors (Lipinski definition) is 0. The highest BCUT2D eigenvalue weighted by Gasteiger charge is 2.19. The van der Waals surface area contributed by atoms with Crippen molar-refractivity contribution in [2.45, 2.75) is 24.6 Å². The molecule has 94 valence electrons. The van der Waals surface area contributed by atoms with E-state index in [9.17, 15) is 4.39 Å². The van der Waals surface area contributed by atoms with Gasteiger partial charge in [0, 0.05) is 22.6 Å². The second-order valence-corrected chi connectivity index (χ2v) is 5.44. The maximum absolute atomic E-state index is 13.3. The highest BCUT2D eigenvalue weighted by molar-refractivity contribution is 9.09. The van der Waals surface area contributed by atoms with Crippen molar-refractivity contribution >= 4 is 15.9 Å². The fourth-order valence-electron chi connectivity index (χ4n) is 1.92. The molecular weight excluding hydrogens is 293 g/mol. The summed E-state index contributed by atoms with van der Waals surface area (Å²) >= 11 is 3.68. The van der Waals surface area contributed by atoms with Crippen molar-refractivity contribution < 1.29 is 4.39 Å². The van der Waals surface area contributed by atoms with Gasteiger partial charge in [-0.05, 0) is 36.2 Å². The molecule has 0 aliphatic heterocycles. The van der Waals surface area contributed by atoms with Crippen molar-refractivity contribution in [1.82, 2.24) is 4.98 Å². The zero-order chi connectivity index (χ0) is 13.1. The van der Waals surface area contributed by atoms with Crippen LogP contribution in [0.2, 0.25) is 0 Å². The summed E-state index contributed by atoms with van der Waals surface area (Å²) in [7, 11) is 0. The summed E-state index contributed by atoms with van der Waals surface area (Å²) in [5.74, 6) is 0.0694. The fourth-order valence-corrected chi connectivity index (χ4v) is 2.48. The van der Waals surface area contributed by atoms with Crippen LogP contribution in [-0.2, 0) is 0 Å². The molecule has 0 aliphatic carbocycles. The Morgan fingerprint density at radius 3 is 2.61 bits per heavy atom. The standard InChI is InChI=1S/C15H15BrFN/c1-10-9-12(6-7-13(10)17)15(16)11(2)14-5-3-4-8-18-14/h3-9,11,15H,1-2H3.